The molecule has 4 heteroatoms. The van der Waals surface area contributed by atoms with Crippen LogP contribution in [0.25, 0.3) is 0 Å². The number of aryl methyl sites for hydroxylation is 2. The molecule has 4 nitrogen and oxygen atoms in total. The first-order valence-electron chi connectivity index (χ1n) is 9.62. The summed E-state index contributed by atoms with van der Waals surface area (Å²) in [6, 6.07) is 9.84. The Morgan fingerprint density at radius 2 is 1.78 bits per heavy atom. The molecule has 1 unspecified atom stereocenters. The highest BCUT2D eigenvalue weighted by Crippen LogP contribution is 2.27. The Morgan fingerprint density at radius 3 is 2.44 bits per heavy atom. The second-order valence-corrected chi connectivity index (χ2v) is 7.03. The first-order chi connectivity index (χ1) is 12.8. The summed E-state index contributed by atoms with van der Waals surface area (Å²) in [5.41, 5.74) is 4.99. The van der Waals surface area contributed by atoms with E-state index in [1.54, 1.807) is 6.07 Å². The zero-order chi connectivity index (χ0) is 20.0. The van der Waals surface area contributed by atoms with E-state index in [0.29, 0.717) is 18.8 Å². The first kappa shape index (κ1) is 20.8. The van der Waals surface area contributed by atoms with E-state index in [2.05, 4.69) is 39.1 Å². The molecule has 0 saturated heterocycles. The third kappa shape index (κ3) is 5.49. The van der Waals surface area contributed by atoms with Crippen LogP contribution in [0.5, 0.6) is 11.5 Å². The van der Waals surface area contributed by atoms with Crippen molar-refractivity contribution in [1.29, 1.82) is 0 Å². The van der Waals surface area contributed by atoms with Crippen LogP contribution in [-0.4, -0.2) is 18.6 Å². The molecule has 1 atom stereocenters. The summed E-state index contributed by atoms with van der Waals surface area (Å²) >= 11 is 0. The lowest BCUT2D eigenvalue weighted by atomic mass is 10.1. The number of hydrogen-bond donors (Lipinski definition) is 1. The number of benzene rings is 2. The predicted octanol–water partition coefficient (Wildman–Crippen LogP) is 5.12. The lowest BCUT2D eigenvalue weighted by Gasteiger charge is -2.16. The van der Waals surface area contributed by atoms with Crippen LogP contribution in [0, 0.1) is 20.8 Å². The summed E-state index contributed by atoms with van der Waals surface area (Å²) in [6.45, 7) is 13.1. The van der Waals surface area contributed by atoms with E-state index in [9.17, 15) is 4.79 Å². The van der Waals surface area contributed by atoms with Crippen LogP contribution in [0.1, 0.15) is 59.8 Å². The molecule has 27 heavy (non-hydrogen) atoms. The topological polar surface area (TPSA) is 47.6 Å². The molecule has 0 fully saturated rings. The van der Waals surface area contributed by atoms with Crippen molar-refractivity contribution >= 4 is 5.91 Å². The Bertz CT molecular complexity index is 798. The maximum atomic E-state index is 12.5. The molecule has 1 amide bonds. The van der Waals surface area contributed by atoms with Gasteiger partial charge in [-0.05, 0) is 82.0 Å². The van der Waals surface area contributed by atoms with Crippen molar-refractivity contribution in [2.24, 2.45) is 0 Å². The average molecular weight is 370 g/mol. The van der Waals surface area contributed by atoms with Gasteiger partial charge in [-0.15, -0.1) is 0 Å². The Labute approximate surface area is 162 Å². The van der Waals surface area contributed by atoms with E-state index >= 15 is 0 Å². The van der Waals surface area contributed by atoms with Crippen LogP contribution in [0.3, 0.4) is 0 Å². The van der Waals surface area contributed by atoms with E-state index in [0.717, 1.165) is 29.0 Å². The first-order valence-corrected chi connectivity index (χ1v) is 9.62. The average Bonchev–Trinajstić information content (AvgIpc) is 2.64. The molecular weight excluding hydrogens is 338 g/mol. The number of amides is 1. The van der Waals surface area contributed by atoms with Gasteiger partial charge < -0.3 is 14.8 Å². The fraction of sp³-hybridized carbons (Fsp3) is 0.435. The van der Waals surface area contributed by atoms with Crippen molar-refractivity contribution < 1.29 is 14.3 Å². The zero-order valence-corrected chi connectivity index (χ0v) is 17.3. The highest BCUT2D eigenvalue weighted by atomic mass is 16.5. The van der Waals surface area contributed by atoms with Gasteiger partial charge >= 0.3 is 0 Å². The minimum atomic E-state index is -0.0729. The van der Waals surface area contributed by atoms with Crippen molar-refractivity contribution in [2.45, 2.75) is 60.6 Å². The molecule has 0 bridgehead atoms. The van der Waals surface area contributed by atoms with Crippen molar-refractivity contribution in [1.82, 2.24) is 5.32 Å². The molecule has 2 aromatic rings. The van der Waals surface area contributed by atoms with Crippen LogP contribution in [0.4, 0.5) is 0 Å². The number of carbonyl (C=O) groups is 1. The standard InChI is InChI=1S/C23H31NO3/c1-7-17(5)24-23(25)19-9-10-21(26-8-2)20(13-19)14-27-22-12-15(3)11-16(4)18(22)6/h9-13,17H,7-8,14H2,1-6H3,(H,24,25). The number of hydrogen-bond acceptors (Lipinski definition) is 3. The summed E-state index contributed by atoms with van der Waals surface area (Å²) in [5.74, 6) is 1.54. The minimum Gasteiger partial charge on any atom is -0.493 e. The largest absolute Gasteiger partial charge is 0.493 e. The SMILES string of the molecule is CCOc1ccc(C(=O)NC(C)CC)cc1COc1cc(C)cc(C)c1C. The van der Waals surface area contributed by atoms with Crippen LogP contribution in [-0.2, 0) is 6.61 Å². The third-order valence-corrected chi connectivity index (χ3v) is 4.76. The summed E-state index contributed by atoms with van der Waals surface area (Å²) < 4.78 is 11.8. The molecule has 146 valence electrons. The lowest BCUT2D eigenvalue weighted by Crippen LogP contribution is -2.32. The highest BCUT2D eigenvalue weighted by Gasteiger charge is 2.13. The molecule has 2 aromatic carbocycles. The fourth-order valence-corrected chi connectivity index (χ4v) is 2.85. The maximum Gasteiger partial charge on any atom is 0.251 e. The zero-order valence-electron chi connectivity index (χ0n) is 17.3. The van der Waals surface area contributed by atoms with Crippen molar-refractivity contribution in [3.8, 4) is 11.5 Å². The van der Waals surface area contributed by atoms with Crippen LogP contribution < -0.4 is 14.8 Å². The van der Waals surface area contributed by atoms with E-state index in [4.69, 9.17) is 9.47 Å². The van der Waals surface area contributed by atoms with Gasteiger partial charge in [-0.1, -0.05) is 13.0 Å². The van der Waals surface area contributed by atoms with E-state index < -0.39 is 0 Å². The van der Waals surface area contributed by atoms with Crippen LogP contribution in [0.15, 0.2) is 30.3 Å². The van der Waals surface area contributed by atoms with E-state index in [1.165, 1.54) is 11.1 Å². The van der Waals surface area contributed by atoms with Gasteiger partial charge in [0.1, 0.15) is 18.1 Å². The third-order valence-electron chi connectivity index (χ3n) is 4.76. The normalized spacial score (nSPS) is 11.8. The van der Waals surface area contributed by atoms with E-state index in [1.807, 2.05) is 32.0 Å². The molecule has 0 aromatic heterocycles. The molecular formula is C23H31NO3. The van der Waals surface area contributed by atoms with Gasteiger partial charge in [0.25, 0.3) is 5.91 Å². The molecule has 1 N–H and O–H groups in total. The van der Waals surface area contributed by atoms with Crippen LogP contribution >= 0.6 is 0 Å². The van der Waals surface area contributed by atoms with E-state index in [-0.39, 0.29) is 11.9 Å². The molecule has 0 aliphatic carbocycles. The Balaban J connectivity index is 2.25. The van der Waals surface area contributed by atoms with Gasteiger partial charge in [0.15, 0.2) is 0 Å². The van der Waals surface area contributed by atoms with Gasteiger partial charge in [-0.2, -0.15) is 0 Å². The Hall–Kier alpha value is -2.49. The van der Waals surface area contributed by atoms with Crippen LogP contribution in [0.2, 0.25) is 0 Å². The summed E-state index contributed by atoms with van der Waals surface area (Å²) in [6.07, 6.45) is 0.894. The van der Waals surface area contributed by atoms with Crippen molar-refractivity contribution in [2.75, 3.05) is 6.61 Å². The second kappa shape index (κ2) is 9.45. The molecule has 0 heterocycles. The lowest BCUT2D eigenvalue weighted by molar-refractivity contribution is 0.0939. The fourth-order valence-electron chi connectivity index (χ4n) is 2.85. The molecule has 0 aliphatic heterocycles. The molecule has 2 rings (SSSR count). The molecule has 0 spiro atoms. The summed E-state index contributed by atoms with van der Waals surface area (Å²) in [4.78, 5) is 12.5. The van der Waals surface area contributed by atoms with Gasteiger partial charge in [0.2, 0.25) is 0 Å². The van der Waals surface area contributed by atoms with Gasteiger partial charge in [-0.25, -0.2) is 0 Å². The van der Waals surface area contributed by atoms with Gasteiger partial charge in [0, 0.05) is 17.2 Å². The monoisotopic (exact) mass is 369 g/mol. The van der Waals surface area contributed by atoms with Crippen molar-refractivity contribution in [3.63, 3.8) is 0 Å². The molecule has 0 saturated carbocycles. The Kier molecular flexibility index (Phi) is 7.28. The smallest absolute Gasteiger partial charge is 0.251 e. The quantitative estimate of drug-likeness (QED) is 0.703. The van der Waals surface area contributed by atoms with Crippen molar-refractivity contribution in [3.05, 3.63) is 58.1 Å². The minimum absolute atomic E-state index is 0.0729. The van der Waals surface area contributed by atoms with Gasteiger partial charge in [-0.3, -0.25) is 4.79 Å². The predicted molar refractivity (Wildman–Crippen MR) is 110 cm³/mol. The number of rotatable bonds is 8. The Morgan fingerprint density at radius 1 is 1.04 bits per heavy atom. The summed E-state index contributed by atoms with van der Waals surface area (Å²) in [5, 5.41) is 3.00. The van der Waals surface area contributed by atoms with Gasteiger partial charge in [0.05, 0.1) is 6.61 Å². The number of nitrogens with one attached hydrogen (secondary N) is 1. The molecule has 0 radical (unpaired) electrons. The number of carbonyl (C=O) groups excluding carboxylic acids is 1. The number of ether oxygens (including phenoxy) is 2. The molecule has 0 aliphatic rings. The maximum absolute atomic E-state index is 12.5. The highest BCUT2D eigenvalue weighted by molar-refractivity contribution is 5.94. The second-order valence-electron chi connectivity index (χ2n) is 7.03. The summed E-state index contributed by atoms with van der Waals surface area (Å²) in [7, 11) is 0.